The fraction of sp³-hybridized carbons (Fsp3) is 0.545. The Balaban J connectivity index is -0.000000110. The maximum absolute atomic E-state index is 10.6. The Hall–Kier alpha value is 2.47. The molecule has 16 heteroatoms. The van der Waals surface area contributed by atoms with Crippen LogP contribution in [-0.2, 0) is 24.0 Å². The second-order valence-electron chi connectivity index (χ2n) is 4.00. The number of rotatable bonds is 11. The molecular formula is C11H23N2Na5O9. The van der Waals surface area contributed by atoms with E-state index in [1.165, 1.54) is 0 Å². The van der Waals surface area contributed by atoms with Crippen LogP contribution in [0.25, 0.3) is 0 Å². The normalized spacial score (nSPS) is 8.07. The summed E-state index contributed by atoms with van der Waals surface area (Å²) in [4.78, 5) is 52.4. The van der Waals surface area contributed by atoms with Crippen LogP contribution in [0.15, 0.2) is 0 Å². The van der Waals surface area contributed by atoms with Gasteiger partial charge >= 0.3 is 172 Å². The second-order valence-corrected chi connectivity index (χ2v) is 4.00. The van der Waals surface area contributed by atoms with Crippen LogP contribution in [0.3, 0.4) is 0 Å². The van der Waals surface area contributed by atoms with Gasteiger partial charge in [-0.3, -0.25) is 29.0 Å². The van der Waals surface area contributed by atoms with Crippen LogP contribution in [0.5, 0.6) is 0 Å². The van der Waals surface area contributed by atoms with Gasteiger partial charge in [0.1, 0.15) is 6.79 Å². The first-order valence-corrected chi connectivity index (χ1v) is 5.81. The fourth-order valence-electron chi connectivity index (χ4n) is 1.48. The van der Waals surface area contributed by atoms with E-state index in [9.17, 15) is 19.2 Å². The molecule has 11 nitrogen and oxygen atoms in total. The van der Waals surface area contributed by atoms with Gasteiger partial charge in [-0.2, -0.15) is 0 Å². The van der Waals surface area contributed by atoms with Crippen LogP contribution in [0, 0.1) is 0 Å². The summed E-state index contributed by atoms with van der Waals surface area (Å²) in [5, 5.41) is 34.5. The minimum absolute atomic E-state index is 0. The Kier molecular flexibility index (Phi) is 53.7. The van der Waals surface area contributed by atoms with E-state index in [-0.39, 0.29) is 161 Å². The van der Waals surface area contributed by atoms with Crippen LogP contribution in [0.4, 0.5) is 0 Å². The maximum atomic E-state index is 10.6. The van der Waals surface area contributed by atoms with Gasteiger partial charge < -0.3 is 25.2 Å². The van der Waals surface area contributed by atoms with Gasteiger partial charge in [-0.1, -0.05) is 0 Å². The molecule has 0 aromatic carbocycles. The van der Waals surface area contributed by atoms with Gasteiger partial charge in [-0.25, -0.2) is 0 Å². The van der Waals surface area contributed by atoms with Crippen molar-refractivity contribution in [2.75, 3.05) is 39.3 Å². The van der Waals surface area contributed by atoms with E-state index in [1.807, 2.05) is 6.79 Å². The number of hydrogen-bond acceptors (Lipinski definition) is 7. The van der Waals surface area contributed by atoms with Crippen molar-refractivity contribution in [3.05, 3.63) is 0 Å². The van der Waals surface area contributed by atoms with Crippen molar-refractivity contribution in [3.8, 4) is 0 Å². The molecule has 27 heavy (non-hydrogen) atoms. The Morgan fingerprint density at radius 2 is 0.667 bits per heavy atom. The zero-order valence-electron chi connectivity index (χ0n) is 11.7. The van der Waals surface area contributed by atoms with E-state index in [1.54, 1.807) is 0 Å². The van der Waals surface area contributed by atoms with Gasteiger partial charge in [-0.05, 0) is 0 Å². The summed E-state index contributed by atoms with van der Waals surface area (Å²) in [5.74, 6) is -4.91. The molecule has 0 spiro atoms. The molecule has 0 radical (unpaired) electrons. The van der Waals surface area contributed by atoms with Gasteiger partial charge in [0.15, 0.2) is 0 Å². The third kappa shape index (κ3) is 36.2. The molecule has 0 bridgehead atoms. The third-order valence-corrected chi connectivity index (χ3v) is 2.17. The summed E-state index contributed by atoms with van der Waals surface area (Å²) in [6.45, 7) is -0.251. The first-order valence-electron chi connectivity index (χ1n) is 5.81. The summed E-state index contributed by atoms with van der Waals surface area (Å²) in [6, 6.07) is 0. The van der Waals surface area contributed by atoms with E-state index < -0.39 is 50.1 Å². The second kappa shape index (κ2) is 30.7. The molecule has 4 N–H and O–H groups in total. The molecule has 0 aromatic heterocycles. The average Bonchev–Trinajstić information content (AvgIpc) is 2.35. The number of carboxylic acids is 4. The molecule has 0 saturated heterocycles. The molecule has 0 unspecified atom stereocenters. The van der Waals surface area contributed by atoms with Gasteiger partial charge in [-0.15, -0.1) is 0 Å². The van der Waals surface area contributed by atoms with Gasteiger partial charge in [0.05, 0.1) is 26.2 Å². The standard InChI is InChI=1S/C10H16N2O8.CH2O.5Na.5H/c13-7(14)3-11(4-8(15)16)1-2-12(5-9(17)18)6-10(19)20;1-2;;;;;;;;;;/h1-6H2,(H,13,14)(H,15,16)(H,17,18)(H,19,20);1H2;;;;;;;;;;. The third-order valence-electron chi connectivity index (χ3n) is 2.17. The van der Waals surface area contributed by atoms with Crippen molar-refractivity contribution in [2.24, 2.45) is 0 Å². The molecule has 0 fully saturated rings. The minimum atomic E-state index is -1.23. The molecule has 0 aliphatic carbocycles. The summed E-state index contributed by atoms with van der Waals surface area (Å²) in [5.41, 5.74) is 0. The number of carbonyl (C=O) groups excluding carboxylic acids is 1. The van der Waals surface area contributed by atoms with Crippen molar-refractivity contribution in [3.63, 3.8) is 0 Å². The number of hydrogen-bond donors (Lipinski definition) is 4. The molecule has 0 saturated carbocycles. The van der Waals surface area contributed by atoms with Crippen molar-refractivity contribution in [1.82, 2.24) is 9.80 Å². The monoisotopic (exact) mass is 442 g/mol. The quantitative estimate of drug-likeness (QED) is 0.225. The predicted molar refractivity (Wildman–Crippen MR) is 106 cm³/mol. The average molecular weight is 442 g/mol. The van der Waals surface area contributed by atoms with Crippen molar-refractivity contribution < 1.29 is 44.4 Å². The zero-order valence-corrected chi connectivity index (χ0v) is 11.7. The Labute approximate surface area is 267 Å². The number of carbonyl (C=O) groups is 5. The molecule has 0 aromatic rings. The molecule has 0 rings (SSSR count). The van der Waals surface area contributed by atoms with E-state index in [0.717, 1.165) is 9.80 Å². The SMILES string of the molecule is C=O.O=C(O)CN(CCN(CC(=O)O)CC(=O)O)CC(=O)O.[NaH].[NaH].[NaH].[NaH].[NaH]. The Morgan fingerprint density at radius 1 is 0.519 bits per heavy atom. The molecule has 0 heterocycles. The number of nitrogens with zero attached hydrogens (tertiary/aromatic N) is 2. The van der Waals surface area contributed by atoms with Gasteiger partial charge in [0.25, 0.3) is 0 Å². The Morgan fingerprint density at radius 3 is 0.778 bits per heavy atom. The van der Waals surface area contributed by atoms with Crippen LogP contribution >= 0.6 is 0 Å². The summed E-state index contributed by atoms with van der Waals surface area (Å²) in [7, 11) is 0. The van der Waals surface area contributed by atoms with E-state index in [4.69, 9.17) is 25.2 Å². The first kappa shape index (κ1) is 47.3. The first-order chi connectivity index (χ1) is 10.2. The number of aliphatic carboxylic acids is 4. The summed E-state index contributed by atoms with van der Waals surface area (Å²) >= 11 is 0. The molecule has 0 aliphatic rings. The molecule has 0 aliphatic heterocycles. The van der Waals surface area contributed by atoms with Gasteiger partial charge in [0.2, 0.25) is 0 Å². The molecular weight excluding hydrogens is 419 g/mol. The van der Waals surface area contributed by atoms with Crippen LogP contribution < -0.4 is 0 Å². The topological polar surface area (TPSA) is 173 Å². The summed E-state index contributed by atoms with van der Waals surface area (Å²) < 4.78 is 0. The fourth-order valence-corrected chi connectivity index (χ4v) is 1.48. The van der Waals surface area contributed by atoms with E-state index >= 15 is 0 Å². The van der Waals surface area contributed by atoms with Crippen LogP contribution in [0.1, 0.15) is 0 Å². The number of carboxylic acid groups (broad SMARTS) is 4. The molecule has 0 amide bonds. The zero-order chi connectivity index (χ0) is 17.7. The van der Waals surface area contributed by atoms with Gasteiger partial charge in [0, 0.05) is 13.1 Å². The van der Waals surface area contributed by atoms with Crippen molar-refractivity contribution >= 4 is 178 Å². The summed E-state index contributed by atoms with van der Waals surface area (Å²) in [6.07, 6.45) is 0. The van der Waals surface area contributed by atoms with Crippen molar-refractivity contribution in [1.29, 1.82) is 0 Å². The molecule has 0 atom stereocenters. The van der Waals surface area contributed by atoms with Crippen LogP contribution in [0.2, 0.25) is 0 Å². The predicted octanol–water partition coefficient (Wildman–Crippen LogP) is -5.50. The Bertz CT molecular complexity index is 350. The van der Waals surface area contributed by atoms with Crippen molar-refractivity contribution in [2.45, 2.75) is 0 Å². The van der Waals surface area contributed by atoms with E-state index in [0.29, 0.717) is 0 Å². The van der Waals surface area contributed by atoms with E-state index in [2.05, 4.69) is 0 Å². The van der Waals surface area contributed by atoms with Crippen LogP contribution in [-0.4, -0.2) is 248 Å². The molecule has 136 valence electrons.